The number of nitrogens with one attached hydrogen (secondary N) is 4. The second-order valence-corrected chi connectivity index (χ2v) is 8.39. The number of benzene rings is 2. The van der Waals surface area contributed by atoms with Crippen molar-refractivity contribution in [2.75, 3.05) is 22.5 Å². The fraction of sp³-hybridized carbons (Fsp3) is 0.217. The molecule has 0 saturated carbocycles. The van der Waals surface area contributed by atoms with E-state index in [0.717, 1.165) is 12.1 Å². The summed E-state index contributed by atoms with van der Waals surface area (Å²) >= 11 is 5.60. The van der Waals surface area contributed by atoms with Crippen LogP contribution < -0.4 is 16.0 Å². The minimum atomic E-state index is -4.65. The van der Waals surface area contributed by atoms with E-state index < -0.39 is 28.8 Å². The van der Waals surface area contributed by atoms with Crippen LogP contribution in [0.2, 0.25) is 5.02 Å². The van der Waals surface area contributed by atoms with E-state index in [4.69, 9.17) is 16.7 Å². The number of unbranched alkanes of at least 4 members (excludes halogenated alkanes) is 1. The molecule has 0 spiro atoms. The quantitative estimate of drug-likeness (QED) is 0.174. The number of carboxylic acid groups (broad SMARTS) is 1. The smallest absolute Gasteiger partial charge is 0.417 e. The Balaban J connectivity index is 1.38. The molecule has 5 N–H and O–H groups in total. The van der Waals surface area contributed by atoms with E-state index in [9.17, 15) is 22.8 Å². The molecular formula is C23H21ClF3N7O3. The number of hydrogen-bond acceptors (Lipinski definition) is 5. The molecule has 4 aromatic rings. The Morgan fingerprint density at radius 2 is 1.76 bits per heavy atom. The molecule has 4 rings (SSSR count). The normalized spacial score (nSPS) is 11.5. The Labute approximate surface area is 212 Å². The predicted octanol–water partition coefficient (Wildman–Crippen LogP) is 5.73. The summed E-state index contributed by atoms with van der Waals surface area (Å²) in [5.74, 6) is -0.208. The Bertz CT molecular complexity index is 1420. The number of anilines is 3. The fourth-order valence-electron chi connectivity index (χ4n) is 3.53. The number of amides is 2. The number of alkyl halides is 3. The van der Waals surface area contributed by atoms with Crippen molar-refractivity contribution in [2.24, 2.45) is 0 Å². The van der Waals surface area contributed by atoms with E-state index in [1.807, 2.05) is 0 Å². The molecule has 2 heterocycles. The Hall–Kier alpha value is -4.26. The second-order valence-electron chi connectivity index (χ2n) is 7.98. The lowest BCUT2D eigenvalue weighted by Gasteiger charge is -2.12. The van der Waals surface area contributed by atoms with Gasteiger partial charge in [0.25, 0.3) is 0 Å². The molecule has 0 unspecified atom stereocenters. The molecule has 10 nitrogen and oxygen atoms in total. The molecule has 0 aliphatic carbocycles. The number of imidazole rings is 1. The summed E-state index contributed by atoms with van der Waals surface area (Å²) < 4.78 is 40.8. The average Bonchev–Trinajstić information content (AvgIpc) is 3.42. The van der Waals surface area contributed by atoms with Crippen LogP contribution in [-0.2, 0) is 11.0 Å². The summed E-state index contributed by atoms with van der Waals surface area (Å²) in [7, 11) is 0. The predicted molar refractivity (Wildman–Crippen MR) is 132 cm³/mol. The number of halogens is 4. The number of aromatic nitrogens is 4. The van der Waals surface area contributed by atoms with Crippen molar-refractivity contribution in [3.8, 4) is 5.69 Å². The molecule has 194 valence electrons. The Kier molecular flexibility index (Phi) is 7.53. The minimum absolute atomic E-state index is 0.0588. The highest BCUT2D eigenvalue weighted by molar-refractivity contribution is 6.31. The van der Waals surface area contributed by atoms with Crippen molar-refractivity contribution < 1.29 is 27.9 Å². The summed E-state index contributed by atoms with van der Waals surface area (Å²) in [5, 5.41) is 23.5. The van der Waals surface area contributed by atoms with Gasteiger partial charge in [0.1, 0.15) is 12.1 Å². The van der Waals surface area contributed by atoms with E-state index >= 15 is 0 Å². The van der Waals surface area contributed by atoms with Gasteiger partial charge >= 0.3 is 18.2 Å². The largest absolute Gasteiger partial charge is 0.481 e. The molecule has 0 saturated heterocycles. The van der Waals surface area contributed by atoms with Crippen LogP contribution in [0.1, 0.15) is 24.8 Å². The lowest BCUT2D eigenvalue weighted by Crippen LogP contribution is -2.20. The van der Waals surface area contributed by atoms with Crippen molar-refractivity contribution in [3.63, 3.8) is 0 Å². The molecule has 37 heavy (non-hydrogen) atoms. The Morgan fingerprint density at radius 3 is 2.46 bits per heavy atom. The van der Waals surface area contributed by atoms with Crippen molar-refractivity contribution in [2.45, 2.75) is 25.4 Å². The van der Waals surface area contributed by atoms with Gasteiger partial charge in [-0.1, -0.05) is 11.6 Å². The van der Waals surface area contributed by atoms with Gasteiger partial charge in [-0.3, -0.25) is 14.5 Å². The summed E-state index contributed by atoms with van der Waals surface area (Å²) in [6, 6.07) is 9.06. The molecule has 0 fully saturated rings. The lowest BCUT2D eigenvalue weighted by molar-refractivity contribution is -0.138. The second kappa shape index (κ2) is 10.8. The number of carboxylic acids is 1. The third-order valence-electron chi connectivity index (χ3n) is 5.30. The number of fused-ring (bicyclic) bond motifs is 1. The molecular weight excluding hydrogens is 515 g/mol. The van der Waals surface area contributed by atoms with Crippen LogP contribution in [0.5, 0.6) is 0 Å². The SMILES string of the molecule is O=C(O)CCCCNc1[nH]nc2c1ncn2-c1ccc(NC(=O)Nc2ccc(Cl)c(C(F)(F)F)c2)cc1. The third kappa shape index (κ3) is 6.30. The lowest BCUT2D eigenvalue weighted by atomic mass is 10.2. The maximum absolute atomic E-state index is 13.0. The molecule has 0 radical (unpaired) electrons. The molecule has 0 atom stereocenters. The summed E-state index contributed by atoms with van der Waals surface area (Å²) in [4.78, 5) is 27.2. The first-order valence-corrected chi connectivity index (χ1v) is 11.4. The fourth-order valence-corrected chi connectivity index (χ4v) is 3.76. The first-order chi connectivity index (χ1) is 17.6. The molecule has 0 bridgehead atoms. The zero-order valence-corrected chi connectivity index (χ0v) is 19.8. The molecule has 2 aromatic heterocycles. The van der Waals surface area contributed by atoms with E-state index in [1.54, 1.807) is 35.2 Å². The van der Waals surface area contributed by atoms with Crippen LogP contribution in [-0.4, -0.2) is 43.4 Å². The Morgan fingerprint density at radius 1 is 1.05 bits per heavy atom. The van der Waals surface area contributed by atoms with Gasteiger partial charge in [-0.25, -0.2) is 9.78 Å². The number of carbonyl (C=O) groups is 2. The molecule has 0 aliphatic rings. The number of aromatic amines is 1. The molecule has 14 heteroatoms. The first-order valence-electron chi connectivity index (χ1n) is 11.0. The highest BCUT2D eigenvalue weighted by atomic mass is 35.5. The van der Waals surface area contributed by atoms with E-state index in [0.29, 0.717) is 47.7 Å². The number of carbonyl (C=O) groups excluding carboxylic acids is 1. The van der Waals surface area contributed by atoms with Gasteiger partial charge in [-0.05, 0) is 55.3 Å². The average molecular weight is 536 g/mol. The van der Waals surface area contributed by atoms with Gasteiger partial charge in [0.15, 0.2) is 11.2 Å². The van der Waals surface area contributed by atoms with Crippen LogP contribution in [0.25, 0.3) is 16.9 Å². The highest BCUT2D eigenvalue weighted by Crippen LogP contribution is 2.36. The number of hydrogen-bond donors (Lipinski definition) is 5. The minimum Gasteiger partial charge on any atom is -0.481 e. The van der Waals surface area contributed by atoms with Gasteiger partial charge in [0, 0.05) is 30.0 Å². The summed E-state index contributed by atoms with van der Waals surface area (Å²) in [6.07, 6.45) is -1.71. The van der Waals surface area contributed by atoms with Gasteiger partial charge in [-0.2, -0.15) is 18.3 Å². The first kappa shape index (κ1) is 25.8. The topological polar surface area (TPSA) is 137 Å². The standard InChI is InChI=1S/C23H21ClF3N7O3/c24-17-9-6-14(11-16(17)23(25,26)27)31-22(37)30-13-4-7-15(8-5-13)34-12-29-19-20(32-33-21(19)34)28-10-2-1-3-18(35)36/h4-9,11-12H,1-3,10H2,(H,35,36)(H2,28,32,33)(H2,30,31,37). The van der Waals surface area contributed by atoms with E-state index in [1.165, 1.54) is 6.07 Å². The van der Waals surface area contributed by atoms with Crippen molar-refractivity contribution in [3.05, 3.63) is 59.4 Å². The summed E-state index contributed by atoms with van der Waals surface area (Å²) in [5.41, 5.74) is 1.19. The zero-order chi connectivity index (χ0) is 26.6. The molecule has 2 amide bonds. The van der Waals surface area contributed by atoms with Crippen LogP contribution in [0, 0.1) is 0 Å². The van der Waals surface area contributed by atoms with Gasteiger partial charge in [-0.15, -0.1) is 0 Å². The highest BCUT2D eigenvalue weighted by Gasteiger charge is 2.33. The van der Waals surface area contributed by atoms with Crippen LogP contribution in [0.4, 0.5) is 35.2 Å². The zero-order valence-electron chi connectivity index (χ0n) is 19.1. The van der Waals surface area contributed by atoms with Crippen molar-refractivity contribution in [1.82, 2.24) is 19.7 Å². The van der Waals surface area contributed by atoms with Crippen molar-refractivity contribution >= 4 is 52.0 Å². The van der Waals surface area contributed by atoms with Crippen LogP contribution in [0.3, 0.4) is 0 Å². The number of aliphatic carboxylic acids is 1. The van der Waals surface area contributed by atoms with Gasteiger partial charge in [0.05, 0.1) is 10.6 Å². The maximum atomic E-state index is 13.0. The van der Waals surface area contributed by atoms with Gasteiger partial charge < -0.3 is 21.1 Å². The van der Waals surface area contributed by atoms with Crippen molar-refractivity contribution in [1.29, 1.82) is 0 Å². The monoisotopic (exact) mass is 535 g/mol. The number of nitrogens with zero attached hydrogens (tertiary/aromatic N) is 3. The number of rotatable bonds is 9. The van der Waals surface area contributed by atoms with Crippen LogP contribution >= 0.6 is 11.6 Å². The van der Waals surface area contributed by atoms with E-state index in [2.05, 4.69) is 31.1 Å². The molecule has 0 aliphatic heterocycles. The number of urea groups is 1. The van der Waals surface area contributed by atoms with Gasteiger partial charge in [0.2, 0.25) is 0 Å². The number of H-pyrrole nitrogens is 1. The van der Waals surface area contributed by atoms with Crippen LogP contribution in [0.15, 0.2) is 48.8 Å². The van der Waals surface area contributed by atoms with E-state index in [-0.39, 0.29) is 12.1 Å². The third-order valence-corrected chi connectivity index (χ3v) is 5.63. The molecule has 2 aromatic carbocycles. The maximum Gasteiger partial charge on any atom is 0.417 e. The summed E-state index contributed by atoms with van der Waals surface area (Å²) in [6.45, 7) is 0.563.